The normalized spacial score (nSPS) is 10.8. The maximum Gasteiger partial charge on any atom is 0.338 e. The number of anilines is 1. The topological polar surface area (TPSA) is 90.7 Å². The van der Waals surface area contributed by atoms with Crippen LogP contribution in [0, 0.1) is 0 Å². The van der Waals surface area contributed by atoms with E-state index in [-0.39, 0.29) is 11.9 Å². The fourth-order valence-corrected chi connectivity index (χ4v) is 2.60. The highest BCUT2D eigenvalue weighted by atomic mass is 79.9. The van der Waals surface area contributed by atoms with Crippen LogP contribution < -0.4 is 11.1 Å². The van der Waals surface area contributed by atoms with Gasteiger partial charge in [-0.05, 0) is 52.9 Å². The van der Waals surface area contributed by atoms with E-state index in [0.717, 1.165) is 24.8 Å². The average Bonchev–Trinajstić information content (AvgIpc) is 2.54. The molecular formula is C18H27BrN2O4. The SMILES string of the molecule is CC(=O)OCCCCCOC(=O)c1cc(Br)c(N)c(CNC(C)C)c1. The van der Waals surface area contributed by atoms with Crippen LogP contribution in [0.25, 0.3) is 0 Å². The van der Waals surface area contributed by atoms with Crippen LogP contribution in [0.4, 0.5) is 5.69 Å². The van der Waals surface area contributed by atoms with E-state index in [4.69, 9.17) is 15.2 Å². The molecule has 0 radical (unpaired) electrons. The number of ether oxygens (including phenoxy) is 2. The van der Waals surface area contributed by atoms with Crippen molar-refractivity contribution in [3.63, 3.8) is 0 Å². The van der Waals surface area contributed by atoms with Gasteiger partial charge in [0.25, 0.3) is 0 Å². The number of esters is 2. The molecule has 140 valence electrons. The molecule has 0 amide bonds. The highest BCUT2D eigenvalue weighted by molar-refractivity contribution is 9.10. The Bertz CT molecular complexity index is 591. The van der Waals surface area contributed by atoms with Gasteiger partial charge in [0.05, 0.1) is 24.5 Å². The van der Waals surface area contributed by atoms with Gasteiger partial charge in [0.15, 0.2) is 0 Å². The number of halogens is 1. The van der Waals surface area contributed by atoms with Gasteiger partial charge in [-0.3, -0.25) is 4.79 Å². The van der Waals surface area contributed by atoms with Crippen LogP contribution in [0.15, 0.2) is 16.6 Å². The summed E-state index contributed by atoms with van der Waals surface area (Å²) in [5.41, 5.74) is 8.00. The second-order valence-electron chi connectivity index (χ2n) is 6.10. The minimum Gasteiger partial charge on any atom is -0.466 e. The first kappa shape index (κ1) is 21.4. The number of hydrogen-bond acceptors (Lipinski definition) is 6. The molecule has 1 rings (SSSR count). The second kappa shape index (κ2) is 11.1. The van der Waals surface area contributed by atoms with Crippen LogP contribution in [0.2, 0.25) is 0 Å². The van der Waals surface area contributed by atoms with Crippen molar-refractivity contribution in [2.75, 3.05) is 18.9 Å². The van der Waals surface area contributed by atoms with E-state index in [2.05, 4.69) is 21.2 Å². The van der Waals surface area contributed by atoms with Crippen molar-refractivity contribution in [2.24, 2.45) is 0 Å². The van der Waals surface area contributed by atoms with Gasteiger partial charge in [0, 0.05) is 24.0 Å². The first-order valence-corrected chi connectivity index (χ1v) is 9.22. The van der Waals surface area contributed by atoms with Gasteiger partial charge >= 0.3 is 11.9 Å². The third kappa shape index (κ3) is 8.36. The van der Waals surface area contributed by atoms with Gasteiger partial charge in [-0.15, -0.1) is 0 Å². The molecule has 0 aliphatic rings. The minimum absolute atomic E-state index is 0.275. The van der Waals surface area contributed by atoms with Gasteiger partial charge in [-0.1, -0.05) is 13.8 Å². The summed E-state index contributed by atoms with van der Waals surface area (Å²) in [6.07, 6.45) is 2.32. The zero-order valence-corrected chi connectivity index (χ0v) is 16.6. The Balaban J connectivity index is 2.48. The minimum atomic E-state index is -0.369. The first-order chi connectivity index (χ1) is 11.8. The second-order valence-corrected chi connectivity index (χ2v) is 6.96. The highest BCUT2D eigenvalue weighted by Crippen LogP contribution is 2.26. The summed E-state index contributed by atoms with van der Waals surface area (Å²) < 4.78 is 10.8. The molecule has 1 aromatic rings. The van der Waals surface area contributed by atoms with E-state index >= 15 is 0 Å². The Morgan fingerprint density at radius 3 is 2.40 bits per heavy atom. The van der Waals surface area contributed by atoms with Crippen molar-refractivity contribution in [1.82, 2.24) is 5.32 Å². The molecular weight excluding hydrogens is 388 g/mol. The average molecular weight is 415 g/mol. The molecule has 0 bridgehead atoms. The molecule has 0 unspecified atom stereocenters. The van der Waals surface area contributed by atoms with E-state index < -0.39 is 0 Å². The molecule has 7 heteroatoms. The fourth-order valence-electron chi connectivity index (χ4n) is 2.10. The monoisotopic (exact) mass is 414 g/mol. The zero-order chi connectivity index (χ0) is 18.8. The van der Waals surface area contributed by atoms with Crippen molar-refractivity contribution in [3.8, 4) is 0 Å². The molecule has 25 heavy (non-hydrogen) atoms. The van der Waals surface area contributed by atoms with Gasteiger partial charge in [-0.25, -0.2) is 4.79 Å². The van der Waals surface area contributed by atoms with Gasteiger partial charge in [-0.2, -0.15) is 0 Å². The van der Waals surface area contributed by atoms with E-state index in [1.807, 2.05) is 13.8 Å². The lowest BCUT2D eigenvalue weighted by Gasteiger charge is -2.13. The standard InChI is InChI=1S/C18H27BrN2O4/c1-12(2)21-11-15-9-14(10-16(19)17(15)20)18(23)25-8-6-4-5-7-24-13(3)22/h9-10,12,21H,4-8,11,20H2,1-3H3. The molecule has 6 nitrogen and oxygen atoms in total. The number of rotatable bonds is 10. The van der Waals surface area contributed by atoms with E-state index in [1.165, 1.54) is 6.92 Å². The lowest BCUT2D eigenvalue weighted by atomic mass is 10.1. The van der Waals surface area contributed by atoms with Crippen LogP contribution in [-0.2, 0) is 20.8 Å². The summed E-state index contributed by atoms with van der Waals surface area (Å²) in [5.74, 6) is -0.644. The predicted octanol–water partition coefficient (Wildman–Crippen LogP) is 3.42. The maximum absolute atomic E-state index is 12.2. The van der Waals surface area contributed by atoms with Crippen LogP contribution in [0.1, 0.15) is 56.0 Å². The number of unbranched alkanes of at least 4 members (excludes halogenated alkanes) is 2. The van der Waals surface area contributed by atoms with Crippen LogP contribution in [0.5, 0.6) is 0 Å². The fraction of sp³-hybridized carbons (Fsp3) is 0.556. The van der Waals surface area contributed by atoms with Crippen LogP contribution in [0.3, 0.4) is 0 Å². The molecule has 0 aromatic heterocycles. The Kier molecular flexibility index (Phi) is 9.52. The number of carbonyl (C=O) groups excluding carboxylic acids is 2. The third-order valence-corrected chi connectivity index (χ3v) is 4.13. The molecule has 1 aromatic carbocycles. The molecule has 0 saturated carbocycles. The van der Waals surface area contributed by atoms with Crippen molar-refractivity contribution in [1.29, 1.82) is 0 Å². The van der Waals surface area contributed by atoms with Gasteiger partial charge in [0.2, 0.25) is 0 Å². The summed E-state index contributed by atoms with van der Waals surface area (Å²) >= 11 is 3.39. The molecule has 0 aliphatic heterocycles. The molecule has 0 heterocycles. The Morgan fingerprint density at radius 1 is 1.16 bits per heavy atom. The van der Waals surface area contributed by atoms with E-state index in [0.29, 0.717) is 41.5 Å². The van der Waals surface area contributed by atoms with Crippen LogP contribution >= 0.6 is 15.9 Å². The number of hydrogen-bond donors (Lipinski definition) is 2. The first-order valence-electron chi connectivity index (χ1n) is 8.43. The Labute approximate surface area is 157 Å². The smallest absolute Gasteiger partial charge is 0.338 e. The van der Waals surface area contributed by atoms with Crippen LogP contribution in [-0.4, -0.2) is 31.2 Å². The third-order valence-electron chi connectivity index (χ3n) is 3.48. The van der Waals surface area contributed by atoms with Gasteiger partial charge < -0.3 is 20.5 Å². The number of benzene rings is 1. The zero-order valence-electron chi connectivity index (χ0n) is 15.1. The number of nitrogens with one attached hydrogen (secondary N) is 1. The summed E-state index contributed by atoms with van der Waals surface area (Å²) in [6.45, 7) is 6.80. The van der Waals surface area contributed by atoms with E-state index in [1.54, 1.807) is 12.1 Å². The van der Waals surface area contributed by atoms with E-state index in [9.17, 15) is 9.59 Å². The molecule has 0 saturated heterocycles. The summed E-state index contributed by atoms with van der Waals surface area (Å²) in [5, 5.41) is 3.29. The maximum atomic E-state index is 12.2. The quantitative estimate of drug-likeness (QED) is 0.346. The lowest BCUT2D eigenvalue weighted by molar-refractivity contribution is -0.141. The molecule has 0 aliphatic carbocycles. The number of nitrogens with two attached hydrogens (primary N) is 1. The Morgan fingerprint density at radius 2 is 1.80 bits per heavy atom. The molecule has 0 fully saturated rings. The lowest BCUT2D eigenvalue weighted by Crippen LogP contribution is -2.22. The van der Waals surface area contributed by atoms with Crippen molar-refractivity contribution < 1.29 is 19.1 Å². The summed E-state index contributed by atoms with van der Waals surface area (Å²) in [4.78, 5) is 22.8. The molecule has 0 atom stereocenters. The Hall–Kier alpha value is -1.60. The summed E-state index contributed by atoms with van der Waals surface area (Å²) in [7, 11) is 0. The molecule has 0 spiro atoms. The highest BCUT2D eigenvalue weighted by Gasteiger charge is 2.13. The largest absolute Gasteiger partial charge is 0.466 e. The number of carbonyl (C=O) groups is 2. The van der Waals surface area contributed by atoms with Crippen molar-refractivity contribution in [2.45, 2.75) is 52.6 Å². The van der Waals surface area contributed by atoms with Crippen molar-refractivity contribution >= 4 is 33.6 Å². The van der Waals surface area contributed by atoms with Gasteiger partial charge in [0.1, 0.15) is 0 Å². The molecule has 3 N–H and O–H groups in total. The van der Waals surface area contributed by atoms with Crippen molar-refractivity contribution in [3.05, 3.63) is 27.7 Å². The number of nitrogen functional groups attached to an aromatic ring is 1. The summed E-state index contributed by atoms with van der Waals surface area (Å²) in [6, 6.07) is 3.76. The predicted molar refractivity (Wildman–Crippen MR) is 101 cm³/mol.